The van der Waals surface area contributed by atoms with E-state index in [-0.39, 0.29) is 11.9 Å². The van der Waals surface area contributed by atoms with Crippen LogP contribution in [0.15, 0.2) is 60.7 Å². The number of hydrogen-bond acceptors (Lipinski definition) is 4. The number of esters is 1. The Labute approximate surface area is 131 Å². The molecule has 0 bridgehead atoms. The fraction of sp³-hybridized carbons (Fsp3) is 0.278. The van der Waals surface area contributed by atoms with Crippen molar-refractivity contribution in [3.63, 3.8) is 0 Å². The van der Waals surface area contributed by atoms with Crippen LogP contribution in [0.1, 0.15) is 18.1 Å². The summed E-state index contributed by atoms with van der Waals surface area (Å²) in [6, 6.07) is 19.5. The molecule has 0 aliphatic heterocycles. The molecule has 4 nitrogen and oxygen atoms in total. The van der Waals surface area contributed by atoms with E-state index in [2.05, 4.69) is 5.48 Å². The Balaban J connectivity index is 1.62. The van der Waals surface area contributed by atoms with E-state index >= 15 is 0 Å². The minimum Gasteiger partial charge on any atom is -0.461 e. The standard InChI is InChI=1S/C18H21NO3/c1-15(12-19-22-14-17-10-6-3-7-11-17)18(20)21-13-16-8-4-2-5-9-16/h2-11,15,19H,12-14H2,1H3. The number of ether oxygens (including phenoxy) is 1. The quantitative estimate of drug-likeness (QED) is 0.462. The molecule has 0 fully saturated rings. The lowest BCUT2D eigenvalue weighted by atomic mass is 10.2. The molecule has 2 aromatic carbocycles. The molecule has 22 heavy (non-hydrogen) atoms. The monoisotopic (exact) mass is 299 g/mol. The van der Waals surface area contributed by atoms with Gasteiger partial charge in [-0.15, -0.1) is 0 Å². The van der Waals surface area contributed by atoms with E-state index in [4.69, 9.17) is 9.57 Å². The summed E-state index contributed by atoms with van der Waals surface area (Å²) in [6.07, 6.45) is 0. The number of nitrogens with one attached hydrogen (secondary N) is 1. The normalized spacial score (nSPS) is 11.9. The topological polar surface area (TPSA) is 47.6 Å². The number of carbonyl (C=O) groups is 1. The van der Waals surface area contributed by atoms with Gasteiger partial charge in [0.1, 0.15) is 6.61 Å². The lowest BCUT2D eigenvalue weighted by molar-refractivity contribution is -0.150. The van der Waals surface area contributed by atoms with Gasteiger partial charge in [0, 0.05) is 6.54 Å². The zero-order chi connectivity index (χ0) is 15.6. The van der Waals surface area contributed by atoms with Crippen molar-refractivity contribution < 1.29 is 14.4 Å². The van der Waals surface area contributed by atoms with Crippen molar-refractivity contribution in [2.75, 3.05) is 6.54 Å². The maximum Gasteiger partial charge on any atom is 0.310 e. The Hall–Kier alpha value is -2.17. The maximum absolute atomic E-state index is 11.9. The molecule has 1 atom stereocenters. The van der Waals surface area contributed by atoms with E-state index < -0.39 is 0 Å². The van der Waals surface area contributed by atoms with Crippen LogP contribution in [0.25, 0.3) is 0 Å². The summed E-state index contributed by atoms with van der Waals surface area (Å²) in [7, 11) is 0. The summed E-state index contributed by atoms with van der Waals surface area (Å²) in [4.78, 5) is 17.2. The van der Waals surface area contributed by atoms with Crippen LogP contribution in [0, 0.1) is 5.92 Å². The number of hydrogen-bond donors (Lipinski definition) is 1. The van der Waals surface area contributed by atoms with Crippen LogP contribution in [0.5, 0.6) is 0 Å². The molecule has 116 valence electrons. The van der Waals surface area contributed by atoms with Crippen LogP contribution in [-0.4, -0.2) is 12.5 Å². The maximum atomic E-state index is 11.9. The van der Waals surface area contributed by atoms with E-state index in [9.17, 15) is 4.79 Å². The highest BCUT2D eigenvalue weighted by molar-refractivity contribution is 5.72. The van der Waals surface area contributed by atoms with Gasteiger partial charge < -0.3 is 4.74 Å². The van der Waals surface area contributed by atoms with Crippen molar-refractivity contribution in [1.82, 2.24) is 5.48 Å². The van der Waals surface area contributed by atoms with Crippen molar-refractivity contribution >= 4 is 5.97 Å². The molecule has 2 aromatic rings. The van der Waals surface area contributed by atoms with Crippen LogP contribution in [0.4, 0.5) is 0 Å². The van der Waals surface area contributed by atoms with Gasteiger partial charge in [0.25, 0.3) is 0 Å². The molecule has 0 aliphatic rings. The van der Waals surface area contributed by atoms with Gasteiger partial charge in [-0.3, -0.25) is 9.63 Å². The SMILES string of the molecule is CC(CNOCc1ccccc1)C(=O)OCc1ccccc1. The zero-order valence-electron chi connectivity index (χ0n) is 12.7. The average Bonchev–Trinajstić information content (AvgIpc) is 2.58. The number of rotatable bonds is 8. The Morgan fingerprint density at radius 2 is 1.50 bits per heavy atom. The third-order valence-corrected chi connectivity index (χ3v) is 3.20. The number of carbonyl (C=O) groups excluding carboxylic acids is 1. The molecule has 0 radical (unpaired) electrons. The van der Waals surface area contributed by atoms with Crippen LogP contribution in [0.2, 0.25) is 0 Å². The fourth-order valence-corrected chi connectivity index (χ4v) is 1.85. The van der Waals surface area contributed by atoms with Gasteiger partial charge in [0.2, 0.25) is 0 Å². The van der Waals surface area contributed by atoms with Crippen molar-refractivity contribution in [2.45, 2.75) is 20.1 Å². The summed E-state index contributed by atoms with van der Waals surface area (Å²) in [6.45, 7) is 2.99. The van der Waals surface area contributed by atoms with Gasteiger partial charge in [0.05, 0.1) is 12.5 Å². The Kier molecular flexibility index (Phi) is 6.61. The predicted molar refractivity (Wildman–Crippen MR) is 84.6 cm³/mol. The second-order valence-electron chi connectivity index (χ2n) is 5.12. The summed E-state index contributed by atoms with van der Waals surface area (Å²) >= 11 is 0. The molecule has 0 heterocycles. The molecule has 0 aliphatic carbocycles. The largest absolute Gasteiger partial charge is 0.461 e. The summed E-state index contributed by atoms with van der Waals surface area (Å²) in [5.41, 5.74) is 4.87. The minimum absolute atomic E-state index is 0.236. The highest BCUT2D eigenvalue weighted by Gasteiger charge is 2.14. The van der Waals surface area contributed by atoms with E-state index in [0.717, 1.165) is 11.1 Å². The lowest BCUT2D eigenvalue weighted by Crippen LogP contribution is -2.28. The Bertz CT molecular complexity index is 557. The summed E-state index contributed by atoms with van der Waals surface area (Å²) in [5, 5.41) is 0. The molecular weight excluding hydrogens is 278 g/mol. The zero-order valence-corrected chi connectivity index (χ0v) is 12.7. The van der Waals surface area contributed by atoms with Crippen LogP contribution < -0.4 is 5.48 Å². The van der Waals surface area contributed by atoms with Gasteiger partial charge in [-0.05, 0) is 11.1 Å². The van der Waals surface area contributed by atoms with Gasteiger partial charge in [-0.25, -0.2) is 5.48 Å². The number of hydroxylamine groups is 1. The molecule has 1 N–H and O–H groups in total. The first-order valence-corrected chi connectivity index (χ1v) is 7.35. The van der Waals surface area contributed by atoms with Gasteiger partial charge in [-0.2, -0.15) is 0 Å². The highest BCUT2D eigenvalue weighted by atomic mass is 16.6. The molecule has 0 spiro atoms. The lowest BCUT2D eigenvalue weighted by Gasteiger charge is -2.12. The fourth-order valence-electron chi connectivity index (χ4n) is 1.85. The Morgan fingerprint density at radius 1 is 0.955 bits per heavy atom. The molecule has 0 aromatic heterocycles. The van der Waals surface area contributed by atoms with Crippen LogP contribution in [0.3, 0.4) is 0 Å². The molecule has 4 heteroatoms. The minimum atomic E-state index is -0.264. The average molecular weight is 299 g/mol. The first-order valence-electron chi connectivity index (χ1n) is 7.35. The van der Waals surface area contributed by atoms with Crippen molar-refractivity contribution in [1.29, 1.82) is 0 Å². The van der Waals surface area contributed by atoms with E-state index in [1.54, 1.807) is 0 Å². The summed E-state index contributed by atoms with van der Waals surface area (Å²) < 4.78 is 5.27. The van der Waals surface area contributed by atoms with Gasteiger partial charge in [-0.1, -0.05) is 67.6 Å². The second-order valence-corrected chi connectivity index (χ2v) is 5.12. The van der Waals surface area contributed by atoms with E-state index in [1.807, 2.05) is 67.6 Å². The van der Waals surface area contributed by atoms with E-state index in [0.29, 0.717) is 19.8 Å². The highest BCUT2D eigenvalue weighted by Crippen LogP contribution is 2.05. The third-order valence-electron chi connectivity index (χ3n) is 3.20. The van der Waals surface area contributed by atoms with Crippen molar-refractivity contribution in [2.24, 2.45) is 5.92 Å². The third kappa shape index (κ3) is 5.68. The van der Waals surface area contributed by atoms with Crippen molar-refractivity contribution in [3.8, 4) is 0 Å². The molecule has 2 rings (SSSR count). The summed E-state index contributed by atoms with van der Waals surface area (Å²) in [5.74, 6) is -0.501. The molecule has 0 saturated heterocycles. The van der Waals surface area contributed by atoms with Crippen molar-refractivity contribution in [3.05, 3.63) is 71.8 Å². The molecule has 0 amide bonds. The number of benzene rings is 2. The van der Waals surface area contributed by atoms with E-state index in [1.165, 1.54) is 0 Å². The van der Waals surface area contributed by atoms with Crippen LogP contribution >= 0.6 is 0 Å². The van der Waals surface area contributed by atoms with Gasteiger partial charge >= 0.3 is 5.97 Å². The first-order chi connectivity index (χ1) is 10.8. The molecule has 1 unspecified atom stereocenters. The second kappa shape index (κ2) is 8.97. The van der Waals surface area contributed by atoms with Gasteiger partial charge in [0.15, 0.2) is 0 Å². The van der Waals surface area contributed by atoms with Crippen LogP contribution in [-0.2, 0) is 27.6 Å². The molecular formula is C18H21NO3. The Morgan fingerprint density at radius 3 is 2.09 bits per heavy atom. The predicted octanol–water partition coefficient (Wildman–Crippen LogP) is 3.09. The smallest absolute Gasteiger partial charge is 0.310 e. The molecule has 0 saturated carbocycles. The first kappa shape index (κ1) is 16.2.